The largest absolute Gasteiger partial charge is 0.321 e. The molecule has 0 saturated carbocycles. The maximum absolute atomic E-state index is 12.6. The molecule has 0 radical (unpaired) electrons. The van der Waals surface area contributed by atoms with Crippen molar-refractivity contribution in [1.29, 1.82) is 0 Å². The number of amides is 1. The van der Waals surface area contributed by atoms with Crippen molar-refractivity contribution < 1.29 is 9.69 Å². The minimum absolute atomic E-state index is 0.0384. The number of hydrogen-bond acceptors (Lipinski definition) is 1. The van der Waals surface area contributed by atoms with Crippen LogP contribution in [0.5, 0.6) is 0 Å². The Hall–Kier alpha value is -1.55. The van der Waals surface area contributed by atoms with Crippen molar-refractivity contribution in [3.63, 3.8) is 0 Å². The van der Waals surface area contributed by atoms with Gasteiger partial charge in [-0.3, -0.25) is 4.79 Å². The minimum Gasteiger partial charge on any atom is -0.321 e. The number of benzene rings is 2. The highest BCUT2D eigenvalue weighted by molar-refractivity contribution is 6.35. The van der Waals surface area contributed by atoms with E-state index in [1.54, 1.807) is 18.2 Å². The Bertz CT molecular complexity index is 733. The molecule has 2 N–H and O–H groups in total. The van der Waals surface area contributed by atoms with Gasteiger partial charge in [-0.05, 0) is 30.7 Å². The van der Waals surface area contributed by atoms with Crippen LogP contribution in [0.3, 0.4) is 0 Å². The SMILES string of the molecule is C[C@H](C(=O)Nc1cc(Cl)ccc1Cl)[NH+]1CCc2ccccc2C1. The first kappa shape index (κ1) is 16.3. The Morgan fingerprint density at radius 2 is 1.91 bits per heavy atom. The van der Waals surface area contributed by atoms with Gasteiger partial charge < -0.3 is 10.2 Å². The van der Waals surface area contributed by atoms with Gasteiger partial charge in [-0.1, -0.05) is 47.5 Å². The van der Waals surface area contributed by atoms with Crippen LogP contribution in [-0.2, 0) is 17.8 Å². The van der Waals surface area contributed by atoms with E-state index in [2.05, 4.69) is 29.6 Å². The second-order valence-corrected chi connectivity index (χ2v) is 6.78. The number of nitrogens with one attached hydrogen (secondary N) is 2. The Labute approximate surface area is 146 Å². The summed E-state index contributed by atoms with van der Waals surface area (Å²) in [5.74, 6) is -0.0384. The summed E-state index contributed by atoms with van der Waals surface area (Å²) in [5.41, 5.74) is 3.28. The number of carbonyl (C=O) groups excluding carboxylic acids is 1. The van der Waals surface area contributed by atoms with Crippen LogP contribution >= 0.6 is 23.2 Å². The molecule has 1 amide bonds. The maximum Gasteiger partial charge on any atom is 0.282 e. The summed E-state index contributed by atoms with van der Waals surface area (Å²) >= 11 is 12.1. The first-order chi connectivity index (χ1) is 11.0. The van der Waals surface area contributed by atoms with Crippen LogP contribution in [0.1, 0.15) is 18.1 Å². The van der Waals surface area contributed by atoms with Gasteiger partial charge >= 0.3 is 0 Å². The Kier molecular flexibility index (Phi) is 4.90. The average molecular weight is 350 g/mol. The quantitative estimate of drug-likeness (QED) is 0.877. The van der Waals surface area contributed by atoms with Crippen LogP contribution in [0.2, 0.25) is 10.0 Å². The standard InChI is InChI=1S/C18H18Cl2N2O/c1-12(18(23)21-17-10-15(19)6-7-16(17)20)22-9-8-13-4-2-3-5-14(13)11-22/h2-7,10,12H,8-9,11H2,1H3,(H,21,23)/p+1/t12-/m1/s1. The molecule has 1 unspecified atom stereocenters. The zero-order valence-electron chi connectivity index (χ0n) is 12.9. The predicted molar refractivity (Wildman–Crippen MR) is 94.2 cm³/mol. The number of quaternary nitrogens is 1. The molecule has 0 aliphatic carbocycles. The topological polar surface area (TPSA) is 33.5 Å². The number of fused-ring (bicyclic) bond motifs is 1. The summed E-state index contributed by atoms with van der Waals surface area (Å²) in [4.78, 5) is 13.8. The molecule has 1 aliphatic rings. The monoisotopic (exact) mass is 349 g/mol. The smallest absolute Gasteiger partial charge is 0.282 e. The highest BCUT2D eigenvalue weighted by atomic mass is 35.5. The minimum atomic E-state index is -0.154. The Morgan fingerprint density at radius 3 is 2.70 bits per heavy atom. The molecular formula is C18H19Cl2N2O+. The highest BCUT2D eigenvalue weighted by Crippen LogP contribution is 2.25. The zero-order chi connectivity index (χ0) is 16.4. The van der Waals surface area contributed by atoms with E-state index in [9.17, 15) is 4.79 Å². The predicted octanol–water partition coefficient (Wildman–Crippen LogP) is 2.96. The summed E-state index contributed by atoms with van der Waals surface area (Å²) in [7, 11) is 0. The van der Waals surface area contributed by atoms with Crippen LogP contribution in [0.25, 0.3) is 0 Å². The molecule has 3 rings (SSSR count). The van der Waals surface area contributed by atoms with E-state index in [0.717, 1.165) is 19.5 Å². The molecular weight excluding hydrogens is 331 g/mol. The first-order valence-corrected chi connectivity index (χ1v) is 8.47. The lowest BCUT2D eigenvalue weighted by Gasteiger charge is -2.30. The summed E-state index contributed by atoms with van der Waals surface area (Å²) in [5, 5.41) is 3.94. The van der Waals surface area contributed by atoms with Gasteiger partial charge in [0, 0.05) is 17.0 Å². The van der Waals surface area contributed by atoms with Crippen molar-refractivity contribution in [2.75, 3.05) is 11.9 Å². The maximum atomic E-state index is 12.6. The molecule has 2 aromatic rings. The van der Waals surface area contributed by atoms with Gasteiger partial charge in [0.2, 0.25) is 0 Å². The number of carbonyl (C=O) groups is 1. The van der Waals surface area contributed by atoms with Crippen molar-refractivity contribution in [3.05, 3.63) is 63.6 Å². The molecule has 1 heterocycles. The number of rotatable bonds is 3. The van der Waals surface area contributed by atoms with Gasteiger partial charge in [0.15, 0.2) is 6.04 Å². The molecule has 2 aromatic carbocycles. The normalized spacial score (nSPS) is 18.1. The third-order valence-corrected chi connectivity index (χ3v) is 5.01. The fraction of sp³-hybridized carbons (Fsp3) is 0.278. The van der Waals surface area contributed by atoms with Crippen LogP contribution in [-0.4, -0.2) is 18.5 Å². The molecule has 0 aromatic heterocycles. The molecule has 0 spiro atoms. The van der Waals surface area contributed by atoms with E-state index in [4.69, 9.17) is 23.2 Å². The lowest BCUT2D eigenvalue weighted by Crippen LogP contribution is -3.16. The fourth-order valence-electron chi connectivity index (χ4n) is 2.99. The fourth-order valence-corrected chi connectivity index (χ4v) is 3.33. The molecule has 0 fully saturated rings. The molecule has 3 nitrogen and oxygen atoms in total. The molecule has 23 heavy (non-hydrogen) atoms. The molecule has 5 heteroatoms. The van der Waals surface area contributed by atoms with Gasteiger partial charge in [-0.15, -0.1) is 0 Å². The van der Waals surface area contributed by atoms with Crippen molar-refractivity contribution in [2.24, 2.45) is 0 Å². The van der Waals surface area contributed by atoms with E-state index in [-0.39, 0.29) is 11.9 Å². The average Bonchev–Trinajstić information content (AvgIpc) is 2.57. The van der Waals surface area contributed by atoms with Crippen LogP contribution in [0.4, 0.5) is 5.69 Å². The third kappa shape index (κ3) is 3.69. The van der Waals surface area contributed by atoms with Crippen molar-refractivity contribution in [3.8, 4) is 0 Å². The number of anilines is 1. The van der Waals surface area contributed by atoms with E-state index in [1.807, 2.05) is 6.92 Å². The lowest BCUT2D eigenvalue weighted by molar-refractivity contribution is -0.929. The van der Waals surface area contributed by atoms with Crippen molar-refractivity contribution in [2.45, 2.75) is 25.9 Å². The van der Waals surface area contributed by atoms with Crippen molar-refractivity contribution >= 4 is 34.8 Å². The van der Waals surface area contributed by atoms with Gasteiger partial charge in [-0.2, -0.15) is 0 Å². The van der Waals surface area contributed by atoms with E-state index < -0.39 is 0 Å². The Balaban J connectivity index is 1.70. The third-order valence-electron chi connectivity index (χ3n) is 4.44. The second kappa shape index (κ2) is 6.91. The molecule has 0 saturated heterocycles. The number of hydrogen-bond donors (Lipinski definition) is 2. The molecule has 120 valence electrons. The van der Waals surface area contributed by atoms with Crippen LogP contribution in [0, 0.1) is 0 Å². The zero-order valence-corrected chi connectivity index (χ0v) is 14.4. The van der Waals surface area contributed by atoms with E-state index >= 15 is 0 Å². The second-order valence-electron chi connectivity index (χ2n) is 5.94. The molecule has 2 atom stereocenters. The van der Waals surface area contributed by atoms with Crippen LogP contribution < -0.4 is 10.2 Å². The molecule has 0 bridgehead atoms. The van der Waals surface area contributed by atoms with Gasteiger partial charge in [-0.25, -0.2) is 0 Å². The summed E-state index contributed by atoms with van der Waals surface area (Å²) < 4.78 is 0. The Morgan fingerprint density at radius 1 is 1.17 bits per heavy atom. The van der Waals surface area contributed by atoms with Crippen molar-refractivity contribution in [1.82, 2.24) is 0 Å². The van der Waals surface area contributed by atoms with E-state index in [0.29, 0.717) is 15.7 Å². The summed E-state index contributed by atoms with van der Waals surface area (Å²) in [6, 6.07) is 13.4. The highest BCUT2D eigenvalue weighted by Gasteiger charge is 2.29. The number of halogens is 2. The van der Waals surface area contributed by atoms with Gasteiger partial charge in [0.25, 0.3) is 5.91 Å². The lowest BCUT2D eigenvalue weighted by atomic mass is 9.99. The van der Waals surface area contributed by atoms with Gasteiger partial charge in [0.1, 0.15) is 6.54 Å². The van der Waals surface area contributed by atoms with Crippen LogP contribution in [0.15, 0.2) is 42.5 Å². The first-order valence-electron chi connectivity index (χ1n) is 7.72. The van der Waals surface area contributed by atoms with E-state index in [1.165, 1.54) is 16.0 Å². The summed E-state index contributed by atoms with van der Waals surface area (Å²) in [6.45, 7) is 3.78. The molecule has 1 aliphatic heterocycles. The summed E-state index contributed by atoms with van der Waals surface area (Å²) in [6.07, 6.45) is 1.00. The van der Waals surface area contributed by atoms with Gasteiger partial charge in [0.05, 0.1) is 17.3 Å².